The molecule has 1 aromatic carbocycles. The molecule has 1 atom stereocenters. The number of nitrogens with one attached hydrogen (secondary N) is 1. The zero-order valence-corrected chi connectivity index (χ0v) is 10.5. The number of ether oxygens (including phenoxy) is 1. The van der Waals surface area contributed by atoms with Gasteiger partial charge in [0.2, 0.25) is 0 Å². The lowest BCUT2D eigenvalue weighted by molar-refractivity contribution is 0.160. The zero-order valence-electron chi connectivity index (χ0n) is 9.75. The van der Waals surface area contributed by atoms with Gasteiger partial charge in [0.05, 0.1) is 17.7 Å². The lowest BCUT2D eigenvalue weighted by atomic mass is 10.1. The van der Waals surface area contributed by atoms with E-state index in [1.165, 1.54) is 12.1 Å². The van der Waals surface area contributed by atoms with Gasteiger partial charge in [-0.3, -0.25) is 0 Å². The van der Waals surface area contributed by atoms with Gasteiger partial charge < -0.3 is 15.2 Å². The van der Waals surface area contributed by atoms with Crippen LogP contribution in [-0.2, 0) is 11.2 Å². The van der Waals surface area contributed by atoms with Crippen LogP contribution in [0, 0.1) is 5.82 Å². The summed E-state index contributed by atoms with van der Waals surface area (Å²) in [5, 5.41) is 12.9. The summed E-state index contributed by atoms with van der Waals surface area (Å²) in [5.41, 5.74) is 0.817. The number of benzene rings is 1. The Hall–Kier alpha value is -0.680. The van der Waals surface area contributed by atoms with Crippen molar-refractivity contribution in [2.24, 2.45) is 0 Å². The number of hydrogen-bond acceptors (Lipinski definition) is 3. The molecule has 0 aliphatic carbocycles. The number of aliphatic hydroxyl groups excluding tert-OH is 1. The molecule has 0 aliphatic heterocycles. The van der Waals surface area contributed by atoms with Crippen LogP contribution in [0.1, 0.15) is 5.56 Å². The molecule has 0 spiro atoms. The molecule has 0 saturated heterocycles. The van der Waals surface area contributed by atoms with Gasteiger partial charge in [0.1, 0.15) is 5.82 Å². The minimum Gasteiger partial charge on any atom is -0.391 e. The van der Waals surface area contributed by atoms with Gasteiger partial charge in [0.15, 0.2) is 0 Å². The standard InChI is InChI=1S/C12H17ClFNO2/c1-17-5-4-15-8-10(16)6-9-2-3-12(14)11(13)7-9/h2-3,7,10,15-16H,4-6,8H2,1H3. The Balaban J connectivity index is 2.34. The van der Waals surface area contributed by atoms with Crippen molar-refractivity contribution in [3.05, 3.63) is 34.6 Å². The van der Waals surface area contributed by atoms with E-state index in [9.17, 15) is 9.50 Å². The highest BCUT2D eigenvalue weighted by molar-refractivity contribution is 6.30. The first-order valence-electron chi connectivity index (χ1n) is 5.45. The van der Waals surface area contributed by atoms with Crippen molar-refractivity contribution >= 4 is 11.6 Å². The van der Waals surface area contributed by atoms with Gasteiger partial charge in [-0.15, -0.1) is 0 Å². The Kier molecular flexibility index (Phi) is 6.44. The van der Waals surface area contributed by atoms with Crippen LogP contribution in [0.4, 0.5) is 4.39 Å². The molecule has 1 rings (SSSR count). The smallest absolute Gasteiger partial charge is 0.141 e. The summed E-state index contributed by atoms with van der Waals surface area (Å²) >= 11 is 5.65. The largest absolute Gasteiger partial charge is 0.391 e. The van der Waals surface area contributed by atoms with E-state index in [0.29, 0.717) is 26.1 Å². The number of aliphatic hydroxyl groups is 1. The first-order valence-corrected chi connectivity index (χ1v) is 5.83. The average molecular weight is 262 g/mol. The Labute approximate surface area is 106 Å². The predicted molar refractivity (Wildman–Crippen MR) is 65.9 cm³/mol. The van der Waals surface area contributed by atoms with Crippen molar-refractivity contribution in [3.8, 4) is 0 Å². The molecule has 0 aromatic heterocycles. The second-order valence-corrected chi connectivity index (χ2v) is 4.21. The SMILES string of the molecule is COCCNCC(O)Cc1ccc(F)c(Cl)c1. The maximum atomic E-state index is 12.9. The van der Waals surface area contributed by atoms with Gasteiger partial charge in [-0.2, -0.15) is 0 Å². The summed E-state index contributed by atoms with van der Waals surface area (Å²) in [4.78, 5) is 0. The molecule has 0 heterocycles. The monoisotopic (exact) mass is 261 g/mol. The molecule has 2 N–H and O–H groups in total. The van der Waals surface area contributed by atoms with Crippen LogP contribution in [0.2, 0.25) is 5.02 Å². The van der Waals surface area contributed by atoms with Crippen LogP contribution in [-0.4, -0.2) is 38.0 Å². The molecule has 5 heteroatoms. The molecular formula is C12H17ClFNO2. The summed E-state index contributed by atoms with van der Waals surface area (Å²) in [6.07, 6.45) is -0.0756. The Morgan fingerprint density at radius 1 is 1.53 bits per heavy atom. The fourth-order valence-corrected chi connectivity index (χ4v) is 1.66. The first-order chi connectivity index (χ1) is 8.13. The zero-order chi connectivity index (χ0) is 12.7. The van der Waals surface area contributed by atoms with Gasteiger partial charge >= 0.3 is 0 Å². The Morgan fingerprint density at radius 3 is 2.94 bits per heavy atom. The van der Waals surface area contributed by atoms with E-state index in [-0.39, 0.29) is 5.02 Å². The molecule has 0 amide bonds. The van der Waals surface area contributed by atoms with E-state index in [1.807, 2.05) is 0 Å². The lowest BCUT2D eigenvalue weighted by Gasteiger charge is -2.12. The summed E-state index contributed by atoms with van der Waals surface area (Å²) in [6.45, 7) is 1.77. The molecule has 1 aromatic rings. The van der Waals surface area contributed by atoms with Crippen molar-refractivity contribution in [1.29, 1.82) is 0 Å². The maximum Gasteiger partial charge on any atom is 0.141 e. The van der Waals surface area contributed by atoms with Crippen LogP contribution < -0.4 is 5.32 Å². The molecular weight excluding hydrogens is 245 g/mol. The molecule has 17 heavy (non-hydrogen) atoms. The third kappa shape index (κ3) is 5.46. The van der Waals surface area contributed by atoms with E-state index in [4.69, 9.17) is 16.3 Å². The van der Waals surface area contributed by atoms with E-state index in [2.05, 4.69) is 5.32 Å². The Morgan fingerprint density at radius 2 is 2.29 bits per heavy atom. The number of hydrogen-bond donors (Lipinski definition) is 2. The van der Waals surface area contributed by atoms with E-state index in [0.717, 1.165) is 5.56 Å². The van der Waals surface area contributed by atoms with Crippen molar-refractivity contribution in [2.45, 2.75) is 12.5 Å². The van der Waals surface area contributed by atoms with Crippen LogP contribution in [0.5, 0.6) is 0 Å². The average Bonchev–Trinajstić information content (AvgIpc) is 2.30. The normalized spacial score (nSPS) is 12.7. The highest BCUT2D eigenvalue weighted by atomic mass is 35.5. The molecule has 1 unspecified atom stereocenters. The van der Waals surface area contributed by atoms with Gasteiger partial charge in [-0.25, -0.2) is 4.39 Å². The maximum absolute atomic E-state index is 12.9. The van der Waals surface area contributed by atoms with Crippen LogP contribution in [0.25, 0.3) is 0 Å². The fourth-order valence-electron chi connectivity index (χ4n) is 1.45. The minimum absolute atomic E-state index is 0.0852. The third-order valence-corrected chi connectivity index (χ3v) is 2.61. The van der Waals surface area contributed by atoms with Crippen LogP contribution >= 0.6 is 11.6 Å². The second kappa shape index (κ2) is 7.61. The Bertz CT molecular complexity index is 349. The van der Waals surface area contributed by atoms with Gasteiger partial charge in [-0.1, -0.05) is 17.7 Å². The molecule has 96 valence electrons. The molecule has 0 aliphatic rings. The van der Waals surface area contributed by atoms with Crippen molar-refractivity contribution < 1.29 is 14.2 Å². The fraction of sp³-hybridized carbons (Fsp3) is 0.500. The summed E-state index contributed by atoms with van der Waals surface area (Å²) in [5.74, 6) is -0.442. The van der Waals surface area contributed by atoms with Crippen molar-refractivity contribution in [2.75, 3.05) is 26.8 Å². The highest BCUT2D eigenvalue weighted by Crippen LogP contribution is 2.16. The quantitative estimate of drug-likeness (QED) is 0.733. The molecule has 3 nitrogen and oxygen atoms in total. The summed E-state index contributed by atoms with van der Waals surface area (Å²) < 4.78 is 17.8. The molecule has 0 radical (unpaired) electrons. The number of methoxy groups -OCH3 is 1. The first kappa shape index (κ1) is 14.4. The van der Waals surface area contributed by atoms with Gasteiger partial charge in [0, 0.05) is 20.2 Å². The second-order valence-electron chi connectivity index (χ2n) is 3.80. The number of halogens is 2. The van der Waals surface area contributed by atoms with Gasteiger partial charge in [0.25, 0.3) is 0 Å². The van der Waals surface area contributed by atoms with Crippen LogP contribution in [0.3, 0.4) is 0 Å². The van der Waals surface area contributed by atoms with E-state index >= 15 is 0 Å². The molecule has 0 saturated carbocycles. The van der Waals surface area contributed by atoms with E-state index in [1.54, 1.807) is 13.2 Å². The predicted octanol–water partition coefficient (Wildman–Crippen LogP) is 1.62. The number of rotatable bonds is 7. The molecule has 0 bridgehead atoms. The molecule has 0 fully saturated rings. The van der Waals surface area contributed by atoms with Gasteiger partial charge in [-0.05, 0) is 24.1 Å². The minimum atomic E-state index is -0.520. The lowest BCUT2D eigenvalue weighted by Crippen LogP contribution is -2.30. The highest BCUT2D eigenvalue weighted by Gasteiger charge is 2.07. The summed E-state index contributed by atoms with van der Waals surface area (Å²) in [6, 6.07) is 4.47. The summed E-state index contributed by atoms with van der Waals surface area (Å²) in [7, 11) is 1.62. The van der Waals surface area contributed by atoms with E-state index < -0.39 is 11.9 Å². The van der Waals surface area contributed by atoms with Crippen molar-refractivity contribution in [3.63, 3.8) is 0 Å². The topological polar surface area (TPSA) is 41.5 Å². The third-order valence-electron chi connectivity index (χ3n) is 2.32. The van der Waals surface area contributed by atoms with Crippen molar-refractivity contribution in [1.82, 2.24) is 5.32 Å². The van der Waals surface area contributed by atoms with Crippen LogP contribution in [0.15, 0.2) is 18.2 Å².